The number of nitrogens with one attached hydrogen (secondary N) is 1. The van der Waals surface area contributed by atoms with Crippen molar-refractivity contribution in [2.75, 3.05) is 14.2 Å². The van der Waals surface area contributed by atoms with Crippen molar-refractivity contribution in [2.24, 2.45) is 0 Å². The van der Waals surface area contributed by atoms with Gasteiger partial charge >= 0.3 is 0 Å². The van der Waals surface area contributed by atoms with E-state index in [4.69, 9.17) is 9.47 Å². The zero-order valence-electron chi connectivity index (χ0n) is 14.4. The fraction of sp³-hybridized carbons (Fsp3) is 0.150. The van der Waals surface area contributed by atoms with Crippen LogP contribution in [0.3, 0.4) is 0 Å². The Morgan fingerprint density at radius 1 is 1.08 bits per heavy atom. The van der Waals surface area contributed by atoms with E-state index in [1.54, 1.807) is 50.6 Å². The number of carbonyl (C=O) groups excluding carboxylic acids is 1. The number of carbonyl (C=O) groups is 1. The second kappa shape index (κ2) is 8.01. The Morgan fingerprint density at radius 2 is 1.88 bits per heavy atom. The molecule has 0 unspecified atom stereocenters. The van der Waals surface area contributed by atoms with E-state index in [1.807, 2.05) is 12.1 Å². The van der Waals surface area contributed by atoms with Crippen LogP contribution in [0.2, 0.25) is 0 Å². The molecule has 3 rings (SSSR count). The molecule has 134 valence electrons. The van der Waals surface area contributed by atoms with Gasteiger partial charge < -0.3 is 14.8 Å². The lowest BCUT2D eigenvalue weighted by atomic mass is 10.2. The van der Waals surface area contributed by atoms with Gasteiger partial charge in [-0.05, 0) is 30.3 Å². The largest absolute Gasteiger partial charge is 0.497 e. The van der Waals surface area contributed by atoms with Crippen LogP contribution in [-0.2, 0) is 6.54 Å². The van der Waals surface area contributed by atoms with Crippen LogP contribution in [0.5, 0.6) is 11.5 Å². The second-order valence-electron chi connectivity index (χ2n) is 5.50. The van der Waals surface area contributed by atoms with E-state index in [0.717, 1.165) is 10.4 Å². The van der Waals surface area contributed by atoms with E-state index in [-0.39, 0.29) is 11.7 Å². The van der Waals surface area contributed by atoms with Gasteiger partial charge in [0, 0.05) is 28.6 Å². The number of ether oxygens (including phenoxy) is 2. The summed E-state index contributed by atoms with van der Waals surface area (Å²) in [7, 11) is 3.15. The average Bonchev–Trinajstić information content (AvgIpc) is 3.16. The summed E-state index contributed by atoms with van der Waals surface area (Å²) in [6, 6.07) is 15.4. The Kier molecular flexibility index (Phi) is 5.53. The van der Waals surface area contributed by atoms with E-state index < -0.39 is 0 Å². The lowest BCUT2D eigenvalue weighted by Gasteiger charge is -2.11. The highest BCUT2D eigenvalue weighted by molar-refractivity contribution is 7.17. The number of methoxy groups -OCH3 is 2. The number of rotatable bonds is 6. The molecule has 0 saturated carbocycles. The van der Waals surface area contributed by atoms with Crippen LogP contribution >= 0.6 is 11.3 Å². The molecular weight excluding hydrogens is 353 g/mol. The first-order chi connectivity index (χ1) is 12.6. The Hall–Kier alpha value is -2.86. The third kappa shape index (κ3) is 3.86. The maximum atomic E-state index is 13.9. The van der Waals surface area contributed by atoms with E-state index in [0.29, 0.717) is 28.5 Å². The standard InChI is InChI=1S/C20H18FNO3S/c1-24-14-8-7-13(17(11-14)25-2)12-22-20(23)19-10-9-18(26-19)15-5-3-4-6-16(15)21/h3-11H,12H2,1-2H3,(H,22,23). The number of amides is 1. The molecule has 0 fully saturated rings. The van der Waals surface area contributed by atoms with Crippen LogP contribution in [-0.4, -0.2) is 20.1 Å². The highest BCUT2D eigenvalue weighted by Crippen LogP contribution is 2.30. The minimum Gasteiger partial charge on any atom is -0.497 e. The second-order valence-corrected chi connectivity index (χ2v) is 6.59. The molecule has 1 amide bonds. The summed E-state index contributed by atoms with van der Waals surface area (Å²) < 4.78 is 24.4. The Bertz CT molecular complexity index is 923. The summed E-state index contributed by atoms with van der Waals surface area (Å²) >= 11 is 1.26. The van der Waals surface area contributed by atoms with Gasteiger partial charge in [0.1, 0.15) is 17.3 Å². The highest BCUT2D eigenvalue weighted by Gasteiger charge is 2.13. The van der Waals surface area contributed by atoms with Crippen molar-refractivity contribution < 1.29 is 18.7 Å². The molecule has 3 aromatic rings. The normalized spacial score (nSPS) is 10.4. The zero-order chi connectivity index (χ0) is 18.5. The van der Waals surface area contributed by atoms with Gasteiger partial charge in [0.25, 0.3) is 5.91 Å². The SMILES string of the molecule is COc1ccc(CNC(=O)c2ccc(-c3ccccc3F)s2)c(OC)c1. The molecule has 2 aromatic carbocycles. The Balaban J connectivity index is 1.71. The van der Waals surface area contributed by atoms with Crippen LogP contribution in [0.15, 0.2) is 54.6 Å². The van der Waals surface area contributed by atoms with Crippen LogP contribution in [0, 0.1) is 5.82 Å². The maximum Gasteiger partial charge on any atom is 0.261 e. The van der Waals surface area contributed by atoms with Crippen molar-refractivity contribution in [1.29, 1.82) is 0 Å². The molecule has 0 atom stereocenters. The minimum absolute atomic E-state index is 0.213. The van der Waals surface area contributed by atoms with Crippen molar-refractivity contribution >= 4 is 17.2 Å². The third-order valence-electron chi connectivity index (χ3n) is 3.90. The highest BCUT2D eigenvalue weighted by atomic mass is 32.1. The van der Waals surface area contributed by atoms with E-state index >= 15 is 0 Å². The first-order valence-electron chi connectivity index (χ1n) is 7.96. The predicted molar refractivity (Wildman–Crippen MR) is 100 cm³/mol. The zero-order valence-corrected chi connectivity index (χ0v) is 15.2. The Labute approximate surface area is 155 Å². The fourth-order valence-corrected chi connectivity index (χ4v) is 3.48. The number of hydrogen-bond acceptors (Lipinski definition) is 4. The van der Waals surface area contributed by atoms with Crippen molar-refractivity contribution in [1.82, 2.24) is 5.32 Å². The van der Waals surface area contributed by atoms with Crippen LogP contribution < -0.4 is 14.8 Å². The van der Waals surface area contributed by atoms with Crippen molar-refractivity contribution in [3.63, 3.8) is 0 Å². The molecule has 1 N–H and O–H groups in total. The summed E-state index contributed by atoms with van der Waals surface area (Å²) in [4.78, 5) is 13.7. The molecule has 0 saturated heterocycles. The van der Waals surface area contributed by atoms with E-state index in [2.05, 4.69) is 5.32 Å². The lowest BCUT2D eigenvalue weighted by Crippen LogP contribution is -2.22. The molecule has 0 aliphatic heterocycles. The van der Waals surface area contributed by atoms with E-state index in [1.165, 1.54) is 17.4 Å². The summed E-state index contributed by atoms with van der Waals surface area (Å²) in [5.74, 6) is 0.812. The van der Waals surface area contributed by atoms with Gasteiger partial charge in [-0.1, -0.05) is 18.2 Å². The topological polar surface area (TPSA) is 47.6 Å². The van der Waals surface area contributed by atoms with E-state index in [9.17, 15) is 9.18 Å². The molecule has 0 bridgehead atoms. The summed E-state index contributed by atoms with van der Waals surface area (Å²) in [6.07, 6.45) is 0. The first-order valence-corrected chi connectivity index (χ1v) is 8.78. The molecule has 0 aliphatic carbocycles. The summed E-state index contributed by atoms with van der Waals surface area (Å²) in [5.41, 5.74) is 1.33. The van der Waals surface area contributed by atoms with Gasteiger partial charge in [0.15, 0.2) is 0 Å². The summed E-state index contributed by atoms with van der Waals surface area (Å²) in [6.45, 7) is 0.318. The average molecular weight is 371 g/mol. The molecule has 6 heteroatoms. The molecule has 1 aromatic heterocycles. The van der Waals surface area contributed by atoms with Crippen LogP contribution in [0.4, 0.5) is 4.39 Å². The predicted octanol–water partition coefficient (Wildman–Crippen LogP) is 4.50. The van der Waals surface area contributed by atoms with Gasteiger partial charge in [-0.25, -0.2) is 4.39 Å². The molecule has 26 heavy (non-hydrogen) atoms. The number of hydrogen-bond donors (Lipinski definition) is 1. The van der Waals surface area contributed by atoms with Crippen molar-refractivity contribution in [3.8, 4) is 21.9 Å². The smallest absolute Gasteiger partial charge is 0.261 e. The maximum absolute atomic E-state index is 13.9. The van der Waals surface area contributed by atoms with Crippen molar-refractivity contribution in [3.05, 3.63) is 70.9 Å². The van der Waals surface area contributed by atoms with Gasteiger partial charge in [0.05, 0.1) is 19.1 Å². The molecule has 0 radical (unpaired) electrons. The van der Waals surface area contributed by atoms with Gasteiger partial charge in [-0.2, -0.15) is 0 Å². The van der Waals surface area contributed by atoms with Crippen LogP contribution in [0.25, 0.3) is 10.4 Å². The molecule has 0 aliphatic rings. The van der Waals surface area contributed by atoms with Crippen LogP contribution in [0.1, 0.15) is 15.2 Å². The molecular formula is C20H18FNO3S. The molecule has 0 spiro atoms. The van der Waals surface area contributed by atoms with Gasteiger partial charge in [-0.15, -0.1) is 11.3 Å². The first kappa shape index (κ1) is 17.9. The molecule has 1 heterocycles. The minimum atomic E-state index is -0.302. The number of thiophene rings is 1. The monoisotopic (exact) mass is 371 g/mol. The Morgan fingerprint density at radius 3 is 2.62 bits per heavy atom. The lowest BCUT2D eigenvalue weighted by molar-refractivity contribution is 0.0954. The number of benzene rings is 2. The van der Waals surface area contributed by atoms with Crippen molar-refractivity contribution in [2.45, 2.75) is 6.54 Å². The fourth-order valence-electron chi connectivity index (χ4n) is 2.53. The number of halogens is 1. The molecule has 4 nitrogen and oxygen atoms in total. The van der Waals surface area contributed by atoms with Gasteiger partial charge in [-0.3, -0.25) is 4.79 Å². The quantitative estimate of drug-likeness (QED) is 0.694. The summed E-state index contributed by atoms with van der Waals surface area (Å²) in [5, 5.41) is 2.86. The third-order valence-corrected chi connectivity index (χ3v) is 5.02. The van der Waals surface area contributed by atoms with Gasteiger partial charge in [0.2, 0.25) is 0 Å².